The molecule has 2 aliphatic heterocycles. The number of hydrogen-bond acceptors (Lipinski definition) is 6. The molecule has 0 aliphatic carbocycles. The standard InChI is InChI=1S/C14H13BrO6/c15-10-6-12-11(18-3-4-19-12)5-9(10)7-21-14(16)13-8-17-1-2-20-13/h5-6,8H,1-4,7H2. The molecular formula is C14H13BrO6. The highest BCUT2D eigenvalue weighted by Crippen LogP contribution is 2.35. The molecule has 0 spiro atoms. The Balaban J connectivity index is 1.67. The molecule has 0 amide bonds. The topological polar surface area (TPSA) is 63.2 Å². The Hall–Kier alpha value is -1.89. The molecule has 0 saturated carbocycles. The SMILES string of the molecule is O=C(OCc1cc2c(cc1Br)OCCO2)C1=COCCO1. The van der Waals surface area contributed by atoms with Crippen LogP contribution in [0.25, 0.3) is 0 Å². The summed E-state index contributed by atoms with van der Waals surface area (Å²) in [5.41, 5.74) is 0.782. The van der Waals surface area contributed by atoms with Gasteiger partial charge in [-0.25, -0.2) is 4.79 Å². The molecule has 3 rings (SSSR count). The molecule has 0 N–H and O–H groups in total. The monoisotopic (exact) mass is 356 g/mol. The van der Waals surface area contributed by atoms with Crippen LogP contribution in [0.5, 0.6) is 11.5 Å². The second-order valence-electron chi connectivity index (χ2n) is 4.36. The zero-order chi connectivity index (χ0) is 14.7. The van der Waals surface area contributed by atoms with Crippen LogP contribution in [0.15, 0.2) is 28.6 Å². The summed E-state index contributed by atoms with van der Waals surface area (Å²) in [5.74, 6) is 0.841. The number of benzene rings is 1. The summed E-state index contributed by atoms with van der Waals surface area (Å²) in [7, 11) is 0. The minimum absolute atomic E-state index is 0.0786. The summed E-state index contributed by atoms with van der Waals surface area (Å²) >= 11 is 3.42. The molecule has 21 heavy (non-hydrogen) atoms. The van der Waals surface area contributed by atoms with Crippen molar-refractivity contribution in [1.82, 2.24) is 0 Å². The Kier molecular flexibility index (Phi) is 4.19. The smallest absolute Gasteiger partial charge is 0.377 e. The van der Waals surface area contributed by atoms with Gasteiger partial charge in [0.25, 0.3) is 0 Å². The van der Waals surface area contributed by atoms with Gasteiger partial charge in [0.05, 0.1) is 0 Å². The highest BCUT2D eigenvalue weighted by atomic mass is 79.9. The lowest BCUT2D eigenvalue weighted by molar-refractivity contribution is -0.145. The Morgan fingerprint density at radius 2 is 1.81 bits per heavy atom. The van der Waals surface area contributed by atoms with E-state index >= 15 is 0 Å². The lowest BCUT2D eigenvalue weighted by atomic mass is 10.2. The quantitative estimate of drug-likeness (QED) is 0.773. The van der Waals surface area contributed by atoms with E-state index in [9.17, 15) is 4.79 Å². The predicted octanol–water partition coefficient (Wildman–Crippen LogP) is 2.15. The summed E-state index contributed by atoms with van der Waals surface area (Å²) in [6.45, 7) is 1.90. The van der Waals surface area contributed by atoms with Crippen LogP contribution < -0.4 is 9.47 Å². The number of halogens is 1. The minimum atomic E-state index is -0.559. The van der Waals surface area contributed by atoms with Gasteiger partial charge in [-0.2, -0.15) is 0 Å². The first-order valence-electron chi connectivity index (χ1n) is 6.44. The fourth-order valence-corrected chi connectivity index (χ4v) is 2.34. The molecule has 0 saturated heterocycles. The normalized spacial score (nSPS) is 16.3. The van der Waals surface area contributed by atoms with Crippen LogP contribution in [0.1, 0.15) is 5.56 Å². The van der Waals surface area contributed by atoms with E-state index in [1.165, 1.54) is 6.26 Å². The molecule has 0 atom stereocenters. The van der Waals surface area contributed by atoms with E-state index in [2.05, 4.69) is 15.9 Å². The van der Waals surface area contributed by atoms with Gasteiger partial charge < -0.3 is 23.7 Å². The summed E-state index contributed by atoms with van der Waals surface area (Å²) in [6.07, 6.45) is 1.27. The van der Waals surface area contributed by atoms with E-state index < -0.39 is 5.97 Å². The number of fused-ring (bicyclic) bond motifs is 1. The average Bonchev–Trinajstić information content (AvgIpc) is 2.53. The van der Waals surface area contributed by atoms with Crippen molar-refractivity contribution in [2.45, 2.75) is 6.61 Å². The van der Waals surface area contributed by atoms with Gasteiger partial charge in [0.2, 0.25) is 5.76 Å². The Bertz CT molecular complexity index is 583. The first kappa shape index (κ1) is 14.1. The second kappa shape index (κ2) is 6.26. The van der Waals surface area contributed by atoms with Gasteiger partial charge in [0, 0.05) is 10.0 Å². The zero-order valence-corrected chi connectivity index (χ0v) is 12.7. The highest BCUT2D eigenvalue weighted by Gasteiger charge is 2.19. The Morgan fingerprint density at radius 3 is 2.52 bits per heavy atom. The van der Waals surface area contributed by atoms with Crippen molar-refractivity contribution < 1.29 is 28.5 Å². The Morgan fingerprint density at radius 1 is 1.10 bits per heavy atom. The Labute approximate surface area is 129 Å². The maximum atomic E-state index is 11.8. The van der Waals surface area contributed by atoms with Gasteiger partial charge in [-0.3, -0.25) is 0 Å². The number of ether oxygens (including phenoxy) is 5. The van der Waals surface area contributed by atoms with E-state index in [0.29, 0.717) is 37.9 Å². The van der Waals surface area contributed by atoms with E-state index in [1.54, 1.807) is 12.1 Å². The third kappa shape index (κ3) is 3.24. The van der Waals surface area contributed by atoms with E-state index in [1.807, 2.05) is 0 Å². The van der Waals surface area contributed by atoms with Crippen LogP contribution in [0.3, 0.4) is 0 Å². The summed E-state index contributed by atoms with van der Waals surface area (Å²) in [4.78, 5) is 11.8. The molecule has 0 fully saturated rings. The average molecular weight is 357 g/mol. The predicted molar refractivity (Wildman–Crippen MR) is 74.9 cm³/mol. The van der Waals surface area contributed by atoms with Gasteiger partial charge in [-0.1, -0.05) is 15.9 Å². The van der Waals surface area contributed by atoms with Gasteiger partial charge in [-0.05, 0) is 12.1 Å². The molecule has 0 unspecified atom stereocenters. The van der Waals surface area contributed by atoms with Crippen LogP contribution >= 0.6 is 15.9 Å². The summed E-state index contributed by atoms with van der Waals surface area (Å²) in [6, 6.07) is 3.59. The van der Waals surface area contributed by atoms with Gasteiger partial charge in [-0.15, -0.1) is 0 Å². The number of carbonyl (C=O) groups is 1. The number of rotatable bonds is 3. The van der Waals surface area contributed by atoms with Gasteiger partial charge in [0.15, 0.2) is 11.5 Å². The highest BCUT2D eigenvalue weighted by molar-refractivity contribution is 9.10. The van der Waals surface area contributed by atoms with Crippen molar-refractivity contribution in [2.75, 3.05) is 26.4 Å². The first-order chi connectivity index (χ1) is 10.2. The lowest BCUT2D eigenvalue weighted by Gasteiger charge is -2.20. The van der Waals surface area contributed by atoms with Crippen LogP contribution in [0.2, 0.25) is 0 Å². The third-order valence-corrected chi connectivity index (χ3v) is 3.66. The summed E-state index contributed by atoms with van der Waals surface area (Å²) in [5, 5.41) is 0. The minimum Gasteiger partial charge on any atom is -0.493 e. The van der Waals surface area contributed by atoms with E-state index in [0.717, 1.165) is 10.0 Å². The zero-order valence-electron chi connectivity index (χ0n) is 11.1. The van der Waals surface area contributed by atoms with Crippen molar-refractivity contribution in [3.05, 3.63) is 34.2 Å². The molecule has 1 aromatic carbocycles. The van der Waals surface area contributed by atoms with E-state index in [4.69, 9.17) is 23.7 Å². The maximum Gasteiger partial charge on any atom is 0.377 e. The molecular weight excluding hydrogens is 344 g/mol. The molecule has 2 aliphatic rings. The fraction of sp³-hybridized carbons (Fsp3) is 0.357. The van der Waals surface area contributed by atoms with Crippen molar-refractivity contribution in [3.63, 3.8) is 0 Å². The molecule has 6 nitrogen and oxygen atoms in total. The lowest BCUT2D eigenvalue weighted by Crippen LogP contribution is -2.18. The van der Waals surface area contributed by atoms with Crippen LogP contribution in [-0.4, -0.2) is 32.4 Å². The van der Waals surface area contributed by atoms with Crippen molar-refractivity contribution in [3.8, 4) is 11.5 Å². The molecule has 2 heterocycles. The maximum absolute atomic E-state index is 11.8. The molecule has 0 aromatic heterocycles. The molecule has 0 radical (unpaired) electrons. The van der Waals surface area contributed by atoms with Crippen molar-refractivity contribution in [2.24, 2.45) is 0 Å². The second-order valence-corrected chi connectivity index (χ2v) is 5.22. The molecule has 1 aromatic rings. The number of hydrogen-bond donors (Lipinski definition) is 0. The molecule has 0 bridgehead atoms. The fourth-order valence-electron chi connectivity index (χ4n) is 1.91. The largest absolute Gasteiger partial charge is 0.493 e. The third-order valence-electron chi connectivity index (χ3n) is 2.92. The van der Waals surface area contributed by atoms with Crippen LogP contribution in [-0.2, 0) is 25.6 Å². The van der Waals surface area contributed by atoms with Crippen molar-refractivity contribution in [1.29, 1.82) is 0 Å². The number of esters is 1. The molecule has 7 heteroatoms. The van der Waals surface area contributed by atoms with Crippen LogP contribution in [0.4, 0.5) is 0 Å². The van der Waals surface area contributed by atoms with Gasteiger partial charge >= 0.3 is 5.97 Å². The van der Waals surface area contributed by atoms with Crippen LogP contribution in [0, 0.1) is 0 Å². The molecule has 112 valence electrons. The van der Waals surface area contributed by atoms with Crippen molar-refractivity contribution >= 4 is 21.9 Å². The van der Waals surface area contributed by atoms with E-state index in [-0.39, 0.29) is 12.4 Å². The summed E-state index contributed by atoms with van der Waals surface area (Å²) < 4.78 is 27.1. The van der Waals surface area contributed by atoms with Gasteiger partial charge in [0.1, 0.15) is 39.3 Å². The number of carbonyl (C=O) groups excluding carboxylic acids is 1. The first-order valence-corrected chi connectivity index (χ1v) is 7.23.